The maximum absolute atomic E-state index is 12.1. The Hall–Kier alpha value is -1.55. The zero-order valence-electron chi connectivity index (χ0n) is 15.5. The highest BCUT2D eigenvalue weighted by atomic mass is 16.6. The Kier molecular flexibility index (Phi) is 6.67. The fourth-order valence-corrected chi connectivity index (χ4v) is 3.28. The van der Waals surface area contributed by atoms with Gasteiger partial charge in [-0.1, -0.05) is 30.3 Å². The SMILES string of the molecule is COC(CCc1ccccc1)C1CCN(C(=O)OC(C)(C)C)CC1. The van der Waals surface area contributed by atoms with E-state index in [0.29, 0.717) is 5.92 Å². The van der Waals surface area contributed by atoms with Crippen molar-refractivity contribution < 1.29 is 14.3 Å². The number of aryl methyl sites for hydroxylation is 1. The van der Waals surface area contributed by atoms with Crippen molar-refractivity contribution in [2.24, 2.45) is 5.92 Å². The first-order valence-corrected chi connectivity index (χ1v) is 8.93. The van der Waals surface area contributed by atoms with Crippen LogP contribution in [0.3, 0.4) is 0 Å². The van der Waals surface area contributed by atoms with Crippen LogP contribution in [0, 0.1) is 5.92 Å². The molecule has 4 nitrogen and oxygen atoms in total. The van der Waals surface area contributed by atoms with Gasteiger partial charge in [-0.3, -0.25) is 0 Å². The van der Waals surface area contributed by atoms with Crippen molar-refractivity contribution in [1.29, 1.82) is 0 Å². The highest BCUT2D eigenvalue weighted by molar-refractivity contribution is 5.68. The zero-order valence-corrected chi connectivity index (χ0v) is 15.5. The van der Waals surface area contributed by atoms with Gasteiger partial charge in [0.05, 0.1) is 6.10 Å². The van der Waals surface area contributed by atoms with Crippen LogP contribution >= 0.6 is 0 Å². The number of nitrogens with zero attached hydrogens (tertiary/aromatic N) is 1. The van der Waals surface area contributed by atoms with Gasteiger partial charge in [-0.15, -0.1) is 0 Å². The van der Waals surface area contributed by atoms with Crippen LogP contribution in [0.4, 0.5) is 4.79 Å². The van der Waals surface area contributed by atoms with Gasteiger partial charge in [-0.2, -0.15) is 0 Å². The van der Waals surface area contributed by atoms with Gasteiger partial charge in [0.15, 0.2) is 0 Å². The summed E-state index contributed by atoms with van der Waals surface area (Å²) >= 11 is 0. The first kappa shape index (κ1) is 18.8. The summed E-state index contributed by atoms with van der Waals surface area (Å²) in [7, 11) is 1.80. The number of ether oxygens (including phenoxy) is 2. The highest BCUT2D eigenvalue weighted by Crippen LogP contribution is 2.26. The predicted molar refractivity (Wildman–Crippen MR) is 96.1 cm³/mol. The third kappa shape index (κ3) is 5.82. The number of hydrogen-bond acceptors (Lipinski definition) is 3. The van der Waals surface area contributed by atoms with E-state index in [-0.39, 0.29) is 12.2 Å². The van der Waals surface area contributed by atoms with Crippen molar-refractivity contribution in [3.8, 4) is 0 Å². The van der Waals surface area contributed by atoms with Gasteiger partial charge >= 0.3 is 6.09 Å². The lowest BCUT2D eigenvalue weighted by atomic mass is 9.88. The van der Waals surface area contributed by atoms with Gasteiger partial charge in [0, 0.05) is 20.2 Å². The van der Waals surface area contributed by atoms with Gasteiger partial charge in [0.2, 0.25) is 0 Å². The molecule has 1 aliphatic heterocycles. The number of amides is 1. The predicted octanol–water partition coefficient (Wildman–Crippen LogP) is 4.28. The van der Waals surface area contributed by atoms with Gasteiger partial charge < -0.3 is 14.4 Å². The number of benzene rings is 1. The Morgan fingerprint density at radius 2 is 1.83 bits per heavy atom. The first-order chi connectivity index (χ1) is 11.4. The van der Waals surface area contributed by atoms with E-state index < -0.39 is 5.60 Å². The number of carbonyl (C=O) groups excluding carboxylic acids is 1. The molecule has 1 fully saturated rings. The summed E-state index contributed by atoms with van der Waals surface area (Å²) < 4.78 is 11.2. The first-order valence-electron chi connectivity index (χ1n) is 8.93. The van der Waals surface area contributed by atoms with Gasteiger partial charge in [0.25, 0.3) is 0 Å². The molecule has 0 radical (unpaired) electrons. The molecule has 0 saturated carbocycles. The normalized spacial score (nSPS) is 17.6. The van der Waals surface area contributed by atoms with Crippen molar-refractivity contribution in [3.05, 3.63) is 35.9 Å². The topological polar surface area (TPSA) is 38.8 Å². The van der Waals surface area contributed by atoms with Gasteiger partial charge in [-0.05, 0) is 57.9 Å². The number of hydrogen-bond donors (Lipinski definition) is 0. The Bertz CT molecular complexity index is 501. The Labute approximate surface area is 146 Å². The van der Waals surface area contributed by atoms with Crippen LogP contribution in [0.25, 0.3) is 0 Å². The molecule has 0 spiro atoms. The molecule has 1 saturated heterocycles. The Morgan fingerprint density at radius 3 is 2.38 bits per heavy atom. The molecule has 1 unspecified atom stereocenters. The van der Waals surface area contributed by atoms with Crippen LogP contribution in [0.2, 0.25) is 0 Å². The molecule has 134 valence electrons. The van der Waals surface area contributed by atoms with Crippen LogP contribution < -0.4 is 0 Å². The van der Waals surface area contributed by atoms with Gasteiger partial charge in [-0.25, -0.2) is 4.79 Å². The smallest absolute Gasteiger partial charge is 0.410 e. The average Bonchev–Trinajstić information content (AvgIpc) is 2.55. The lowest BCUT2D eigenvalue weighted by molar-refractivity contribution is -0.00373. The molecule has 0 aromatic heterocycles. The van der Waals surface area contributed by atoms with E-state index in [9.17, 15) is 4.79 Å². The highest BCUT2D eigenvalue weighted by Gasteiger charge is 2.30. The molecule has 1 amide bonds. The van der Waals surface area contributed by atoms with Crippen molar-refractivity contribution in [1.82, 2.24) is 4.90 Å². The maximum atomic E-state index is 12.1. The molecule has 0 aliphatic carbocycles. The van der Waals surface area contributed by atoms with Crippen LogP contribution in [0.15, 0.2) is 30.3 Å². The monoisotopic (exact) mass is 333 g/mol. The zero-order chi connectivity index (χ0) is 17.6. The second-order valence-corrected chi connectivity index (χ2v) is 7.60. The molecule has 0 N–H and O–H groups in total. The fourth-order valence-electron chi connectivity index (χ4n) is 3.28. The molecule has 1 aliphatic rings. The number of methoxy groups -OCH3 is 1. The molecule has 2 rings (SSSR count). The summed E-state index contributed by atoms with van der Waals surface area (Å²) in [5, 5.41) is 0. The second kappa shape index (κ2) is 8.52. The van der Waals surface area contributed by atoms with E-state index in [0.717, 1.165) is 38.8 Å². The molecule has 24 heavy (non-hydrogen) atoms. The maximum Gasteiger partial charge on any atom is 0.410 e. The fraction of sp³-hybridized carbons (Fsp3) is 0.650. The minimum absolute atomic E-state index is 0.195. The lowest BCUT2D eigenvalue weighted by Gasteiger charge is -2.36. The number of carbonyl (C=O) groups is 1. The summed E-state index contributed by atoms with van der Waals surface area (Å²) in [5.74, 6) is 0.511. The molecule has 4 heteroatoms. The molecular weight excluding hydrogens is 302 g/mol. The van der Waals surface area contributed by atoms with E-state index in [1.54, 1.807) is 7.11 Å². The third-order valence-electron chi connectivity index (χ3n) is 4.58. The van der Waals surface area contributed by atoms with Crippen LogP contribution in [-0.4, -0.2) is 42.9 Å². The van der Waals surface area contributed by atoms with E-state index in [1.165, 1.54) is 5.56 Å². The summed E-state index contributed by atoms with van der Waals surface area (Å²) in [6.45, 7) is 7.22. The van der Waals surface area contributed by atoms with Crippen LogP contribution in [0.1, 0.15) is 45.6 Å². The molecular formula is C20H31NO3. The minimum Gasteiger partial charge on any atom is -0.444 e. The number of piperidine rings is 1. The van der Waals surface area contributed by atoms with Gasteiger partial charge in [0.1, 0.15) is 5.60 Å². The van der Waals surface area contributed by atoms with E-state index >= 15 is 0 Å². The lowest BCUT2D eigenvalue weighted by Crippen LogP contribution is -2.44. The summed E-state index contributed by atoms with van der Waals surface area (Å²) in [6.07, 6.45) is 4.08. The van der Waals surface area contributed by atoms with E-state index in [1.807, 2.05) is 31.7 Å². The average molecular weight is 333 g/mol. The largest absolute Gasteiger partial charge is 0.444 e. The summed E-state index contributed by atoms with van der Waals surface area (Å²) in [4.78, 5) is 14.0. The minimum atomic E-state index is -0.432. The number of likely N-dealkylation sites (tertiary alicyclic amines) is 1. The molecule has 1 atom stereocenters. The molecule has 0 bridgehead atoms. The quantitative estimate of drug-likeness (QED) is 0.807. The standard InChI is InChI=1S/C20H31NO3/c1-20(2,3)24-19(22)21-14-12-17(13-15-21)18(23-4)11-10-16-8-6-5-7-9-16/h5-9,17-18H,10-15H2,1-4H3. The second-order valence-electron chi connectivity index (χ2n) is 7.60. The van der Waals surface area contributed by atoms with Crippen molar-refractivity contribution in [3.63, 3.8) is 0 Å². The Balaban J connectivity index is 1.80. The molecule has 1 heterocycles. The van der Waals surface area contributed by atoms with E-state index in [2.05, 4.69) is 24.3 Å². The Morgan fingerprint density at radius 1 is 1.21 bits per heavy atom. The molecule has 1 aromatic rings. The third-order valence-corrected chi connectivity index (χ3v) is 4.58. The number of rotatable bonds is 5. The van der Waals surface area contributed by atoms with Crippen LogP contribution in [0.5, 0.6) is 0 Å². The van der Waals surface area contributed by atoms with Crippen molar-refractivity contribution in [2.45, 2.75) is 58.2 Å². The van der Waals surface area contributed by atoms with E-state index in [4.69, 9.17) is 9.47 Å². The summed E-state index contributed by atoms with van der Waals surface area (Å²) in [6, 6.07) is 10.5. The van der Waals surface area contributed by atoms with Crippen LogP contribution in [-0.2, 0) is 15.9 Å². The molecule has 1 aromatic carbocycles. The summed E-state index contributed by atoms with van der Waals surface area (Å²) in [5.41, 5.74) is 0.921. The van der Waals surface area contributed by atoms with Crippen molar-refractivity contribution >= 4 is 6.09 Å². The van der Waals surface area contributed by atoms with Crippen molar-refractivity contribution in [2.75, 3.05) is 20.2 Å².